The maximum Gasteiger partial charge on any atom is 0.0752 e. The van der Waals surface area contributed by atoms with E-state index in [-0.39, 0.29) is 0 Å². The Morgan fingerprint density at radius 3 is 2.75 bits per heavy atom. The van der Waals surface area contributed by atoms with E-state index < -0.39 is 0 Å². The molecule has 1 aliphatic rings. The first-order chi connectivity index (χ1) is 11.6. The van der Waals surface area contributed by atoms with Crippen LogP contribution in [0.5, 0.6) is 0 Å². The number of aromatic nitrogens is 4. The zero-order valence-electron chi connectivity index (χ0n) is 15.4. The molecule has 2 aromatic heterocycles. The lowest BCUT2D eigenvalue weighted by atomic mass is 10.0. The minimum atomic E-state index is 0.522. The monoisotopic (exact) mass is 330 g/mol. The number of nitrogens with zero attached hydrogens (tertiary/aromatic N) is 5. The lowest BCUT2D eigenvalue weighted by Gasteiger charge is -2.34. The first-order valence-electron chi connectivity index (χ1n) is 9.13. The summed E-state index contributed by atoms with van der Waals surface area (Å²) < 4.78 is 3.93. The van der Waals surface area contributed by atoms with E-state index in [0.29, 0.717) is 6.04 Å². The third-order valence-electron chi connectivity index (χ3n) is 5.07. The molecule has 2 aromatic rings. The molecule has 6 heteroatoms. The number of hydrogen-bond donors (Lipinski definition) is 1. The molecule has 3 heterocycles. The van der Waals surface area contributed by atoms with Crippen LogP contribution in [-0.4, -0.2) is 38.7 Å². The molecule has 0 aromatic carbocycles. The minimum Gasteiger partial charge on any atom is -0.367 e. The van der Waals surface area contributed by atoms with Crippen LogP contribution in [0.15, 0.2) is 12.4 Å². The van der Waals surface area contributed by atoms with Gasteiger partial charge in [-0.15, -0.1) is 0 Å². The maximum absolute atomic E-state index is 4.68. The second-order valence-corrected chi connectivity index (χ2v) is 6.74. The molecular formula is C18H30N6. The van der Waals surface area contributed by atoms with Crippen LogP contribution in [0.2, 0.25) is 0 Å². The van der Waals surface area contributed by atoms with Crippen LogP contribution in [0.25, 0.3) is 0 Å². The van der Waals surface area contributed by atoms with Gasteiger partial charge in [-0.2, -0.15) is 10.2 Å². The number of hydrogen-bond acceptors (Lipinski definition) is 4. The summed E-state index contributed by atoms with van der Waals surface area (Å²) >= 11 is 0. The molecule has 1 fully saturated rings. The van der Waals surface area contributed by atoms with Gasteiger partial charge in [0, 0.05) is 57.2 Å². The topological polar surface area (TPSA) is 50.9 Å². The first-order valence-corrected chi connectivity index (χ1v) is 9.13. The highest BCUT2D eigenvalue weighted by Crippen LogP contribution is 2.20. The van der Waals surface area contributed by atoms with Crippen molar-refractivity contribution in [3.63, 3.8) is 0 Å². The smallest absolute Gasteiger partial charge is 0.0752 e. The normalized spacial score (nSPS) is 18.3. The zero-order chi connectivity index (χ0) is 17.1. The van der Waals surface area contributed by atoms with Crippen molar-refractivity contribution in [3.05, 3.63) is 29.3 Å². The highest BCUT2D eigenvalue weighted by molar-refractivity contribution is 5.43. The van der Waals surface area contributed by atoms with Crippen molar-refractivity contribution in [1.29, 1.82) is 0 Å². The summed E-state index contributed by atoms with van der Waals surface area (Å²) in [7, 11) is 4.04. The minimum absolute atomic E-state index is 0.522. The first kappa shape index (κ1) is 17.0. The summed E-state index contributed by atoms with van der Waals surface area (Å²) in [6.45, 7) is 7.50. The summed E-state index contributed by atoms with van der Waals surface area (Å²) in [5.74, 6) is 0. The highest BCUT2D eigenvalue weighted by Gasteiger charge is 2.22. The Labute approximate surface area is 144 Å². The van der Waals surface area contributed by atoms with Gasteiger partial charge in [-0.25, -0.2) is 0 Å². The Morgan fingerprint density at radius 1 is 1.25 bits per heavy atom. The van der Waals surface area contributed by atoms with E-state index in [1.807, 2.05) is 17.9 Å². The molecule has 6 nitrogen and oxygen atoms in total. The van der Waals surface area contributed by atoms with Crippen LogP contribution < -0.4 is 10.2 Å². The van der Waals surface area contributed by atoms with Crippen molar-refractivity contribution < 1.29 is 0 Å². The van der Waals surface area contributed by atoms with Gasteiger partial charge in [0.1, 0.15) is 0 Å². The number of anilines is 1. The second kappa shape index (κ2) is 7.38. The fraction of sp³-hybridized carbons (Fsp3) is 0.667. The van der Waals surface area contributed by atoms with Crippen molar-refractivity contribution in [3.8, 4) is 0 Å². The molecule has 0 bridgehead atoms. The molecule has 24 heavy (non-hydrogen) atoms. The van der Waals surface area contributed by atoms with Gasteiger partial charge in [0.15, 0.2) is 0 Å². The summed E-state index contributed by atoms with van der Waals surface area (Å²) in [5, 5.41) is 12.8. The van der Waals surface area contributed by atoms with Crippen LogP contribution in [0.4, 0.5) is 5.69 Å². The van der Waals surface area contributed by atoms with Crippen molar-refractivity contribution in [2.24, 2.45) is 14.1 Å². The van der Waals surface area contributed by atoms with Gasteiger partial charge < -0.3 is 10.2 Å². The van der Waals surface area contributed by atoms with Crippen molar-refractivity contribution in [2.75, 3.05) is 18.0 Å². The maximum atomic E-state index is 4.68. The van der Waals surface area contributed by atoms with Gasteiger partial charge in [0.05, 0.1) is 17.6 Å². The Hall–Kier alpha value is -1.82. The predicted molar refractivity (Wildman–Crippen MR) is 97.2 cm³/mol. The molecule has 0 radical (unpaired) electrons. The van der Waals surface area contributed by atoms with E-state index in [0.717, 1.165) is 32.5 Å². The molecule has 0 amide bonds. The molecule has 0 unspecified atom stereocenters. The molecule has 1 N–H and O–H groups in total. The zero-order valence-corrected chi connectivity index (χ0v) is 15.4. The quantitative estimate of drug-likeness (QED) is 0.881. The van der Waals surface area contributed by atoms with Crippen molar-refractivity contribution in [1.82, 2.24) is 24.9 Å². The van der Waals surface area contributed by atoms with E-state index in [1.165, 1.54) is 35.5 Å². The Kier molecular flexibility index (Phi) is 5.23. The summed E-state index contributed by atoms with van der Waals surface area (Å²) in [5.41, 5.74) is 5.23. The van der Waals surface area contributed by atoms with Crippen LogP contribution in [-0.2, 0) is 33.5 Å². The predicted octanol–water partition coefficient (Wildman–Crippen LogP) is 2.04. The molecule has 1 atom stereocenters. The summed E-state index contributed by atoms with van der Waals surface area (Å²) in [4.78, 5) is 2.44. The molecule has 132 valence electrons. The van der Waals surface area contributed by atoms with Crippen molar-refractivity contribution in [2.45, 2.75) is 52.1 Å². The Morgan fingerprint density at radius 2 is 2.08 bits per heavy atom. The van der Waals surface area contributed by atoms with E-state index in [2.05, 4.69) is 52.2 Å². The van der Waals surface area contributed by atoms with E-state index in [4.69, 9.17) is 0 Å². The van der Waals surface area contributed by atoms with E-state index in [9.17, 15) is 0 Å². The Bertz CT molecular complexity index is 671. The van der Waals surface area contributed by atoms with Crippen LogP contribution >= 0.6 is 0 Å². The van der Waals surface area contributed by atoms with Crippen LogP contribution in [0.3, 0.4) is 0 Å². The second-order valence-electron chi connectivity index (χ2n) is 6.74. The van der Waals surface area contributed by atoms with Gasteiger partial charge in [-0.3, -0.25) is 9.36 Å². The molecule has 3 rings (SSSR count). The number of piperidine rings is 1. The number of aryl methyl sites for hydroxylation is 3. The van der Waals surface area contributed by atoms with Crippen molar-refractivity contribution >= 4 is 5.69 Å². The molecule has 0 saturated carbocycles. The van der Waals surface area contributed by atoms with Gasteiger partial charge >= 0.3 is 0 Å². The number of nitrogens with one attached hydrogen (secondary N) is 1. The average molecular weight is 330 g/mol. The highest BCUT2D eigenvalue weighted by atomic mass is 15.3. The van der Waals surface area contributed by atoms with Gasteiger partial charge in [-0.1, -0.05) is 13.8 Å². The molecule has 1 aliphatic heterocycles. The Balaban J connectivity index is 1.64. The molecule has 0 spiro atoms. The number of rotatable bonds is 6. The standard InChI is InChI=1S/C18H30N6/c1-5-17-16(18(6-2)23(4)21-17)11-19-14-8-7-9-24(12-14)15-10-20-22(3)13-15/h10,13-14,19H,5-9,11-12H2,1-4H3/t14-/m0/s1. The third kappa shape index (κ3) is 3.48. The van der Waals surface area contributed by atoms with Crippen LogP contribution in [0, 0.1) is 0 Å². The molecule has 0 aliphatic carbocycles. The molecular weight excluding hydrogens is 300 g/mol. The SMILES string of the molecule is CCc1nn(C)c(CC)c1CN[C@H]1CCCN(c2cnn(C)c2)C1. The molecule has 1 saturated heterocycles. The third-order valence-corrected chi connectivity index (χ3v) is 5.07. The van der Waals surface area contributed by atoms with Gasteiger partial charge in [0.25, 0.3) is 0 Å². The van der Waals surface area contributed by atoms with Gasteiger partial charge in [-0.05, 0) is 25.7 Å². The lowest BCUT2D eigenvalue weighted by Crippen LogP contribution is -2.45. The fourth-order valence-corrected chi connectivity index (χ4v) is 3.79. The summed E-state index contributed by atoms with van der Waals surface area (Å²) in [6, 6.07) is 0.522. The van der Waals surface area contributed by atoms with Gasteiger partial charge in [0.2, 0.25) is 0 Å². The van der Waals surface area contributed by atoms with Crippen LogP contribution in [0.1, 0.15) is 43.6 Å². The van der Waals surface area contributed by atoms with E-state index in [1.54, 1.807) is 0 Å². The lowest BCUT2D eigenvalue weighted by molar-refractivity contribution is 0.420. The fourth-order valence-electron chi connectivity index (χ4n) is 3.79. The summed E-state index contributed by atoms with van der Waals surface area (Å²) in [6.07, 6.45) is 8.56. The average Bonchev–Trinajstić information content (AvgIpc) is 3.16. The van der Waals surface area contributed by atoms with E-state index >= 15 is 0 Å². The largest absolute Gasteiger partial charge is 0.367 e.